The summed E-state index contributed by atoms with van der Waals surface area (Å²) in [4.78, 5) is 32.4. The maximum absolute atomic E-state index is 13.3. The average Bonchev–Trinajstić information content (AvgIpc) is 3.55. The van der Waals surface area contributed by atoms with E-state index in [-0.39, 0.29) is 11.9 Å². The number of methoxy groups -OCH3 is 1. The SMILES string of the molecule is COc1cc2c(cc1C(=O)Nc1cccc(-c3nncn3C(C)C)n1)CN(C(=O)c1ccc(F)cc1)C2. The van der Waals surface area contributed by atoms with Crippen LogP contribution >= 0.6 is 0 Å². The molecule has 4 aromatic rings. The number of nitrogens with zero attached hydrogens (tertiary/aromatic N) is 5. The molecule has 0 spiro atoms. The summed E-state index contributed by atoms with van der Waals surface area (Å²) in [5, 5.41) is 11.0. The van der Waals surface area contributed by atoms with Crippen molar-refractivity contribution in [3.05, 3.63) is 89.0 Å². The second-order valence-corrected chi connectivity index (χ2v) is 9.01. The van der Waals surface area contributed by atoms with Crippen LogP contribution in [0.4, 0.5) is 10.2 Å². The second-order valence-electron chi connectivity index (χ2n) is 9.01. The van der Waals surface area contributed by atoms with E-state index in [1.54, 1.807) is 41.6 Å². The van der Waals surface area contributed by atoms with Gasteiger partial charge >= 0.3 is 0 Å². The van der Waals surface area contributed by atoms with Crippen molar-refractivity contribution in [2.24, 2.45) is 0 Å². The highest BCUT2D eigenvalue weighted by molar-refractivity contribution is 6.06. The number of fused-ring (bicyclic) bond motifs is 1. The Labute approximate surface area is 212 Å². The first kappa shape index (κ1) is 24.1. The molecule has 2 aromatic heterocycles. The number of halogens is 1. The van der Waals surface area contributed by atoms with E-state index in [2.05, 4.69) is 20.5 Å². The Morgan fingerprint density at radius 1 is 1.05 bits per heavy atom. The van der Waals surface area contributed by atoms with Gasteiger partial charge in [0.2, 0.25) is 0 Å². The van der Waals surface area contributed by atoms with Crippen LogP contribution in [0.1, 0.15) is 51.7 Å². The molecule has 3 heterocycles. The van der Waals surface area contributed by atoms with Crippen LogP contribution in [0.3, 0.4) is 0 Å². The summed E-state index contributed by atoms with van der Waals surface area (Å²) in [6, 6.07) is 14.4. The molecule has 0 saturated heterocycles. The molecule has 0 fully saturated rings. The van der Waals surface area contributed by atoms with Gasteiger partial charge in [0.25, 0.3) is 11.8 Å². The minimum atomic E-state index is -0.400. The summed E-state index contributed by atoms with van der Waals surface area (Å²) < 4.78 is 20.7. The van der Waals surface area contributed by atoms with E-state index < -0.39 is 11.7 Å². The van der Waals surface area contributed by atoms with E-state index in [1.807, 2.05) is 18.4 Å². The first-order valence-corrected chi connectivity index (χ1v) is 11.8. The molecule has 10 heteroatoms. The first-order chi connectivity index (χ1) is 17.8. The van der Waals surface area contributed by atoms with Crippen molar-refractivity contribution in [3.63, 3.8) is 0 Å². The predicted molar refractivity (Wildman–Crippen MR) is 135 cm³/mol. The van der Waals surface area contributed by atoms with Gasteiger partial charge in [0.05, 0.1) is 12.7 Å². The Hall–Kier alpha value is -4.60. The monoisotopic (exact) mass is 500 g/mol. The molecule has 9 nitrogen and oxygen atoms in total. The molecule has 1 aliphatic heterocycles. The molecule has 5 rings (SSSR count). The number of nitrogens with one attached hydrogen (secondary N) is 1. The lowest BCUT2D eigenvalue weighted by Crippen LogP contribution is -2.25. The van der Waals surface area contributed by atoms with Gasteiger partial charge in [-0.15, -0.1) is 10.2 Å². The van der Waals surface area contributed by atoms with Crippen LogP contribution in [-0.2, 0) is 13.1 Å². The fourth-order valence-electron chi connectivity index (χ4n) is 4.31. The summed E-state index contributed by atoms with van der Waals surface area (Å²) in [7, 11) is 1.49. The molecule has 188 valence electrons. The summed E-state index contributed by atoms with van der Waals surface area (Å²) >= 11 is 0. The molecule has 37 heavy (non-hydrogen) atoms. The number of rotatable bonds is 6. The Morgan fingerprint density at radius 2 is 1.78 bits per heavy atom. The number of amides is 2. The number of pyridine rings is 1. The molecule has 0 aliphatic carbocycles. The zero-order chi connectivity index (χ0) is 26.1. The third-order valence-corrected chi connectivity index (χ3v) is 6.22. The van der Waals surface area contributed by atoms with Gasteiger partial charge in [-0.25, -0.2) is 9.37 Å². The average molecular weight is 501 g/mol. The van der Waals surface area contributed by atoms with Gasteiger partial charge in [-0.1, -0.05) is 6.07 Å². The van der Waals surface area contributed by atoms with Gasteiger partial charge in [0.1, 0.15) is 29.4 Å². The van der Waals surface area contributed by atoms with E-state index in [0.29, 0.717) is 47.3 Å². The van der Waals surface area contributed by atoms with Crippen LogP contribution in [-0.4, -0.2) is 43.6 Å². The Morgan fingerprint density at radius 3 is 2.49 bits per heavy atom. The minimum absolute atomic E-state index is 0.148. The Balaban J connectivity index is 1.37. The molecule has 0 unspecified atom stereocenters. The van der Waals surface area contributed by atoms with Crippen molar-refractivity contribution in [2.75, 3.05) is 12.4 Å². The highest BCUT2D eigenvalue weighted by Gasteiger charge is 2.27. The summed E-state index contributed by atoms with van der Waals surface area (Å²) in [5.41, 5.74) is 3.04. The molecule has 2 aromatic carbocycles. The highest BCUT2D eigenvalue weighted by Crippen LogP contribution is 2.32. The van der Waals surface area contributed by atoms with Gasteiger partial charge in [-0.05, 0) is 73.5 Å². The third kappa shape index (κ3) is 4.77. The van der Waals surface area contributed by atoms with Gasteiger partial charge in [-0.2, -0.15) is 0 Å². The van der Waals surface area contributed by atoms with E-state index in [0.717, 1.165) is 11.1 Å². The standard InChI is InChI=1S/C27H25FN6O3/c1-16(2)34-15-29-32-25(34)22-5-4-6-24(30-22)31-26(35)21-11-18-13-33(14-19(18)12-23(21)37-3)27(36)17-7-9-20(28)10-8-17/h4-12,15-16H,13-14H2,1-3H3,(H,30,31,35). The van der Waals surface area contributed by atoms with Gasteiger partial charge in [0.15, 0.2) is 5.82 Å². The van der Waals surface area contributed by atoms with Crippen molar-refractivity contribution in [2.45, 2.75) is 33.0 Å². The van der Waals surface area contributed by atoms with Gasteiger partial charge in [-0.3, -0.25) is 9.59 Å². The quantitative estimate of drug-likeness (QED) is 0.419. The molecule has 0 radical (unpaired) electrons. The number of hydrogen-bond acceptors (Lipinski definition) is 6. The van der Waals surface area contributed by atoms with Crippen LogP contribution in [0.2, 0.25) is 0 Å². The number of carbonyl (C=O) groups is 2. The molecule has 2 amide bonds. The van der Waals surface area contributed by atoms with Crippen LogP contribution < -0.4 is 10.1 Å². The highest BCUT2D eigenvalue weighted by atomic mass is 19.1. The number of carbonyl (C=O) groups excluding carboxylic acids is 2. The molecular weight excluding hydrogens is 475 g/mol. The van der Waals surface area contributed by atoms with Gasteiger partial charge < -0.3 is 19.5 Å². The molecular formula is C27H25FN6O3. The predicted octanol–water partition coefficient (Wildman–Crippen LogP) is 4.48. The zero-order valence-electron chi connectivity index (χ0n) is 20.6. The van der Waals surface area contributed by atoms with Crippen molar-refractivity contribution in [3.8, 4) is 17.3 Å². The van der Waals surface area contributed by atoms with E-state index in [1.165, 1.54) is 31.4 Å². The summed E-state index contributed by atoms with van der Waals surface area (Å²) in [5.74, 6) is 0.351. The van der Waals surface area contributed by atoms with Crippen molar-refractivity contribution in [1.29, 1.82) is 0 Å². The topological polar surface area (TPSA) is 102 Å². The maximum Gasteiger partial charge on any atom is 0.260 e. The largest absolute Gasteiger partial charge is 0.496 e. The number of benzene rings is 2. The molecule has 0 atom stereocenters. The number of ether oxygens (including phenoxy) is 1. The third-order valence-electron chi connectivity index (χ3n) is 6.22. The lowest BCUT2D eigenvalue weighted by Gasteiger charge is -2.15. The van der Waals surface area contributed by atoms with E-state index in [9.17, 15) is 14.0 Å². The first-order valence-electron chi connectivity index (χ1n) is 11.8. The van der Waals surface area contributed by atoms with Crippen molar-refractivity contribution < 1.29 is 18.7 Å². The maximum atomic E-state index is 13.3. The van der Waals surface area contributed by atoms with Crippen LogP contribution in [0, 0.1) is 5.82 Å². The van der Waals surface area contributed by atoms with Crippen LogP contribution in [0.5, 0.6) is 5.75 Å². The molecule has 0 bridgehead atoms. The smallest absolute Gasteiger partial charge is 0.260 e. The van der Waals surface area contributed by atoms with E-state index >= 15 is 0 Å². The van der Waals surface area contributed by atoms with E-state index in [4.69, 9.17) is 4.74 Å². The summed E-state index contributed by atoms with van der Waals surface area (Å²) in [6.07, 6.45) is 1.65. The van der Waals surface area contributed by atoms with Crippen molar-refractivity contribution in [1.82, 2.24) is 24.6 Å². The zero-order valence-corrected chi connectivity index (χ0v) is 20.6. The lowest BCUT2D eigenvalue weighted by molar-refractivity contribution is 0.0751. The summed E-state index contributed by atoms with van der Waals surface area (Å²) in [6.45, 7) is 4.73. The lowest BCUT2D eigenvalue weighted by atomic mass is 10.0. The number of aromatic nitrogens is 4. The molecule has 1 aliphatic rings. The number of hydrogen-bond donors (Lipinski definition) is 1. The normalized spacial score (nSPS) is 12.5. The van der Waals surface area contributed by atoms with Crippen molar-refractivity contribution >= 4 is 17.6 Å². The Kier molecular flexibility index (Phi) is 6.39. The molecule has 1 N–H and O–H groups in total. The van der Waals surface area contributed by atoms with Gasteiger partial charge in [0, 0.05) is 24.7 Å². The minimum Gasteiger partial charge on any atom is -0.496 e. The Bertz CT molecular complexity index is 1480. The number of anilines is 1. The molecule has 0 saturated carbocycles. The second kappa shape index (κ2) is 9.81. The van der Waals surface area contributed by atoms with Crippen LogP contribution in [0.15, 0.2) is 60.9 Å². The van der Waals surface area contributed by atoms with Crippen LogP contribution in [0.25, 0.3) is 11.5 Å². The fourth-order valence-corrected chi connectivity index (χ4v) is 4.31. The fraction of sp³-hybridized carbons (Fsp3) is 0.222.